The van der Waals surface area contributed by atoms with E-state index in [1.54, 1.807) is 6.92 Å². The van der Waals surface area contributed by atoms with Gasteiger partial charge >= 0.3 is 6.18 Å². The van der Waals surface area contributed by atoms with Crippen molar-refractivity contribution in [2.45, 2.75) is 25.6 Å². The normalized spacial score (nSPS) is 21.6. The Morgan fingerprint density at radius 3 is 2.96 bits per heavy atom. The number of anilines is 1. The van der Waals surface area contributed by atoms with Crippen molar-refractivity contribution >= 4 is 5.69 Å². The molecule has 1 saturated heterocycles. The second kappa shape index (κ2) is 6.15. The molecule has 1 aliphatic heterocycles. The van der Waals surface area contributed by atoms with Gasteiger partial charge in [-0.05, 0) is 19.4 Å². The van der Waals surface area contributed by atoms with Crippen LogP contribution in [-0.4, -0.2) is 33.3 Å². The summed E-state index contributed by atoms with van der Waals surface area (Å²) in [5.41, 5.74) is -0.756. The van der Waals surface area contributed by atoms with Crippen molar-refractivity contribution < 1.29 is 17.9 Å². The third kappa shape index (κ3) is 3.44. The molecule has 2 aromatic heterocycles. The van der Waals surface area contributed by atoms with E-state index in [4.69, 9.17) is 4.74 Å². The van der Waals surface area contributed by atoms with E-state index in [9.17, 15) is 13.2 Å². The van der Waals surface area contributed by atoms with Gasteiger partial charge in [0.05, 0.1) is 5.56 Å². The molecule has 0 radical (unpaired) electrons. The molecule has 9 heteroatoms. The maximum absolute atomic E-state index is 13.0. The van der Waals surface area contributed by atoms with Crippen LogP contribution in [0.4, 0.5) is 18.9 Å². The zero-order valence-electron chi connectivity index (χ0n) is 12.4. The van der Waals surface area contributed by atoms with Gasteiger partial charge in [-0.3, -0.25) is 10.1 Å². The Hall–Kier alpha value is -2.16. The number of pyridine rings is 1. The summed E-state index contributed by atoms with van der Waals surface area (Å²) in [5.74, 6) is 1.22. The van der Waals surface area contributed by atoms with Crippen LogP contribution in [0.3, 0.4) is 0 Å². The molecule has 1 fully saturated rings. The van der Waals surface area contributed by atoms with Crippen LogP contribution in [0.2, 0.25) is 0 Å². The first kappa shape index (κ1) is 15.7. The van der Waals surface area contributed by atoms with Crippen LogP contribution in [-0.2, 0) is 10.9 Å². The summed E-state index contributed by atoms with van der Waals surface area (Å²) >= 11 is 0. The van der Waals surface area contributed by atoms with Crippen molar-refractivity contribution in [3.63, 3.8) is 0 Å². The van der Waals surface area contributed by atoms with Crippen molar-refractivity contribution in [3.05, 3.63) is 35.7 Å². The quantitative estimate of drug-likeness (QED) is 0.903. The minimum atomic E-state index is -4.44. The van der Waals surface area contributed by atoms with Gasteiger partial charge in [0.1, 0.15) is 11.9 Å². The fourth-order valence-corrected chi connectivity index (χ4v) is 2.63. The lowest BCUT2D eigenvalue weighted by Crippen LogP contribution is -2.20. The molecule has 0 spiro atoms. The van der Waals surface area contributed by atoms with Gasteiger partial charge < -0.3 is 10.1 Å². The number of nitrogens with zero attached hydrogens (tertiary/aromatic N) is 3. The van der Waals surface area contributed by atoms with Crippen LogP contribution < -0.4 is 5.32 Å². The molecular weight excluding hydrogens is 311 g/mol. The monoisotopic (exact) mass is 327 g/mol. The lowest BCUT2D eigenvalue weighted by molar-refractivity contribution is -0.137. The smallest absolute Gasteiger partial charge is 0.384 e. The summed E-state index contributed by atoms with van der Waals surface area (Å²) in [6, 6.07) is 1.32. The van der Waals surface area contributed by atoms with Gasteiger partial charge in [-0.25, -0.2) is 4.98 Å². The number of aryl methyl sites for hydroxylation is 1. The molecule has 0 unspecified atom stereocenters. The molecule has 23 heavy (non-hydrogen) atoms. The zero-order chi connectivity index (χ0) is 16.4. The van der Waals surface area contributed by atoms with Crippen LogP contribution in [0.25, 0.3) is 0 Å². The average Bonchev–Trinajstić information content (AvgIpc) is 3.12. The van der Waals surface area contributed by atoms with Crippen LogP contribution >= 0.6 is 0 Å². The van der Waals surface area contributed by atoms with Gasteiger partial charge in [-0.15, -0.1) is 0 Å². The Bertz CT molecular complexity index is 672. The van der Waals surface area contributed by atoms with Gasteiger partial charge in [-0.1, -0.05) is 0 Å². The standard InChI is InChI=1S/C14H16F3N5O/c1-8-20-13(22-21-8)12-9(3-5-23-12)6-19-11-2-4-18-7-10(11)14(15,16)17/h2,4,7,9,12H,3,5-6H2,1H3,(H,18,19)(H,20,21,22)/t9-,12-/m0/s1. The Balaban J connectivity index is 1.71. The molecule has 0 aromatic carbocycles. The maximum Gasteiger partial charge on any atom is 0.419 e. The van der Waals surface area contributed by atoms with Gasteiger partial charge in [0.25, 0.3) is 0 Å². The Morgan fingerprint density at radius 1 is 1.43 bits per heavy atom. The molecule has 3 heterocycles. The predicted molar refractivity (Wildman–Crippen MR) is 75.6 cm³/mol. The molecule has 0 saturated carbocycles. The number of ether oxygens (including phenoxy) is 1. The molecule has 2 aromatic rings. The number of halogens is 3. The molecule has 2 atom stereocenters. The highest BCUT2D eigenvalue weighted by molar-refractivity contribution is 5.51. The number of hydrogen-bond donors (Lipinski definition) is 2. The summed E-state index contributed by atoms with van der Waals surface area (Å²) in [6.07, 6.45) is -1.87. The van der Waals surface area contributed by atoms with Crippen molar-refractivity contribution in [2.24, 2.45) is 5.92 Å². The van der Waals surface area contributed by atoms with Gasteiger partial charge in [0.15, 0.2) is 5.82 Å². The van der Waals surface area contributed by atoms with Crippen LogP contribution in [0, 0.1) is 12.8 Å². The largest absolute Gasteiger partial charge is 0.419 e. The van der Waals surface area contributed by atoms with Crippen molar-refractivity contribution in [1.29, 1.82) is 0 Å². The fraction of sp³-hybridized carbons (Fsp3) is 0.500. The minimum Gasteiger partial charge on any atom is -0.384 e. The third-order valence-corrected chi connectivity index (χ3v) is 3.76. The molecule has 124 valence electrons. The van der Waals surface area contributed by atoms with Crippen molar-refractivity contribution in [1.82, 2.24) is 20.2 Å². The minimum absolute atomic E-state index is 0.000510. The van der Waals surface area contributed by atoms with Crippen LogP contribution in [0.15, 0.2) is 18.5 Å². The summed E-state index contributed by atoms with van der Waals surface area (Å²) in [4.78, 5) is 7.79. The first-order valence-corrected chi connectivity index (χ1v) is 7.20. The second-order valence-electron chi connectivity index (χ2n) is 5.42. The lowest BCUT2D eigenvalue weighted by atomic mass is 10.0. The van der Waals surface area contributed by atoms with Gasteiger partial charge in [0.2, 0.25) is 0 Å². The molecular formula is C14H16F3N5O. The predicted octanol–water partition coefficient (Wildman–Crippen LogP) is 2.72. The highest BCUT2D eigenvalue weighted by atomic mass is 19.4. The summed E-state index contributed by atoms with van der Waals surface area (Å²) < 4.78 is 44.5. The van der Waals surface area contributed by atoms with E-state index < -0.39 is 11.7 Å². The number of nitrogens with one attached hydrogen (secondary N) is 2. The first-order valence-electron chi connectivity index (χ1n) is 7.20. The number of aromatic amines is 1. The molecule has 0 aliphatic carbocycles. The number of rotatable bonds is 4. The summed E-state index contributed by atoms with van der Waals surface area (Å²) in [5, 5.41) is 9.69. The van der Waals surface area contributed by atoms with Gasteiger partial charge in [0, 0.05) is 37.2 Å². The topological polar surface area (TPSA) is 75.7 Å². The van der Waals surface area contributed by atoms with E-state index in [2.05, 4.69) is 25.5 Å². The second-order valence-corrected chi connectivity index (χ2v) is 5.42. The third-order valence-electron chi connectivity index (χ3n) is 3.76. The Kier molecular flexibility index (Phi) is 4.20. The number of alkyl halides is 3. The van der Waals surface area contributed by atoms with Crippen LogP contribution in [0.1, 0.15) is 29.7 Å². The maximum atomic E-state index is 13.0. The van der Waals surface area contributed by atoms with E-state index in [-0.39, 0.29) is 17.7 Å². The average molecular weight is 327 g/mol. The van der Waals surface area contributed by atoms with Gasteiger partial charge in [-0.2, -0.15) is 18.3 Å². The molecule has 0 bridgehead atoms. The molecule has 3 rings (SSSR count). The highest BCUT2D eigenvalue weighted by Crippen LogP contribution is 2.36. The molecule has 1 aliphatic rings. The molecule has 0 amide bonds. The molecule has 2 N–H and O–H groups in total. The Morgan fingerprint density at radius 2 is 2.26 bits per heavy atom. The summed E-state index contributed by atoms with van der Waals surface area (Å²) in [6.45, 7) is 2.66. The van der Waals surface area contributed by atoms with E-state index in [1.807, 2.05) is 0 Å². The SMILES string of the molecule is Cc1nc([C@H]2OCC[C@H]2CNc2ccncc2C(F)(F)F)n[nH]1. The lowest BCUT2D eigenvalue weighted by Gasteiger charge is -2.19. The number of aromatic nitrogens is 4. The first-order chi connectivity index (χ1) is 10.9. The Labute approximate surface area is 130 Å². The van der Waals surface area contributed by atoms with E-state index in [0.717, 1.165) is 12.6 Å². The van der Waals surface area contributed by atoms with E-state index in [1.165, 1.54) is 12.3 Å². The number of H-pyrrole nitrogens is 1. The fourth-order valence-electron chi connectivity index (χ4n) is 2.63. The zero-order valence-corrected chi connectivity index (χ0v) is 12.4. The number of hydrogen-bond acceptors (Lipinski definition) is 5. The van der Waals surface area contributed by atoms with Crippen molar-refractivity contribution in [2.75, 3.05) is 18.5 Å². The summed E-state index contributed by atoms with van der Waals surface area (Å²) in [7, 11) is 0. The van der Waals surface area contributed by atoms with E-state index >= 15 is 0 Å². The molecule has 6 nitrogen and oxygen atoms in total. The highest BCUT2D eigenvalue weighted by Gasteiger charge is 2.35. The van der Waals surface area contributed by atoms with Crippen LogP contribution in [0.5, 0.6) is 0 Å². The van der Waals surface area contributed by atoms with E-state index in [0.29, 0.717) is 24.8 Å². The van der Waals surface area contributed by atoms with Crippen molar-refractivity contribution in [3.8, 4) is 0 Å².